The highest BCUT2D eigenvalue weighted by atomic mass is 16.5. The van der Waals surface area contributed by atoms with Crippen molar-refractivity contribution >= 4 is 11.8 Å². The third kappa shape index (κ3) is 3.72. The fourth-order valence-electron chi connectivity index (χ4n) is 4.00. The Labute approximate surface area is 179 Å². The van der Waals surface area contributed by atoms with E-state index in [1.54, 1.807) is 60.9 Å². The Morgan fingerprint density at radius 2 is 1.97 bits per heavy atom. The molecule has 2 amide bonds. The number of hydrogen-bond donors (Lipinski definition) is 1. The zero-order chi connectivity index (χ0) is 22.0. The Morgan fingerprint density at radius 3 is 2.61 bits per heavy atom. The fraction of sp³-hybridized carbons (Fsp3) is 0.261. The molecule has 1 aromatic carbocycles. The second kappa shape index (κ2) is 8.51. The minimum Gasteiger partial charge on any atom is -0.493 e. The smallest absolute Gasteiger partial charge is 0.254 e. The van der Waals surface area contributed by atoms with Crippen LogP contribution in [-0.2, 0) is 11.3 Å². The van der Waals surface area contributed by atoms with Crippen molar-refractivity contribution < 1.29 is 23.5 Å². The summed E-state index contributed by atoms with van der Waals surface area (Å²) in [6.45, 7) is 0.238. The third-order valence-electron chi connectivity index (χ3n) is 5.50. The second-order valence-corrected chi connectivity index (χ2v) is 7.22. The van der Waals surface area contributed by atoms with E-state index < -0.39 is 12.0 Å². The average molecular weight is 421 g/mol. The molecule has 3 heterocycles. The molecule has 0 aliphatic carbocycles. The van der Waals surface area contributed by atoms with Gasteiger partial charge in [0, 0.05) is 25.0 Å². The highest BCUT2D eigenvalue weighted by molar-refractivity contribution is 6.02. The predicted octanol–water partition coefficient (Wildman–Crippen LogP) is 2.92. The molecule has 4 rings (SSSR count). The molecule has 8 nitrogen and oxygen atoms in total. The van der Waals surface area contributed by atoms with Gasteiger partial charge in [-0.3, -0.25) is 14.6 Å². The van der Waals surface area contributed by atoms with Crippen LogP contribution in [0.1, 0.15) is 39.2 Å². The lowest BCUT2D eigenvalue weighted by Gasteiger charge is -2.39. The van der Waals surface area contributed by atoms with E-state index in [1.165, 1.54) is 14.2 Å². The molecule has 0 saturated carbocycles. The quantitative estimate of drug-likeness (QED) is 0.658. The molecule has 0 radical (unpaired) electrons. The summed E-state index contributed by atoms with van der Waals surface area (Å²) in [5, 5.41) is 2.93. The Bertz CT molecular complexity index is 1080. The van der Waals surface area contributed by atoms with Crippen molar-refractivity contribution in [3.63, 3.8) is 0 Å². The Kier molecular flexibility index (Phi) is 5.62. The van der Waals surface area contributed by atoms with Gasteiger partial charge in [-0.15, -0.1) is 0 Å². The van der Waals surface area contributed by atoms with Crippen LogP contribution in [0.4, 0.5) is 0 Å². The van der Waals surface area contributed by atoms with Crippen molar-refractivity contribution in [2.75, 3.05) is 21.3 Å². The number of nitrogens with zero attached hydrogens (tertiary/aromatic N) is 2. The van der Waals surface area contributed by atoms with Gasteiger partial charge in [0.2, 0.25) is 5.91 Å². The largest absolute Gasteiger partial charge is 0.493 e. The van der Waals surface area contributed by atoms with E-state index >= 15 is 0 Å². The number of hydrogen-bond acceptors (Lipinski definition) is 6. The number of fused-ring (bicyclic) bond motifs is 1. The molecule has 3 aromatic rings. The maximum atomic E-state index is 13.5. The number of pyridine rings is 1. The first kappa shape index (κ1) is 20.5. The summed E-state index contributed by atoms with van der Waals surface area (Å²) in [7, 11) is 4.71. The van der Waals surface area contributed by atoms with Gasteiger partial charge in [-0.2, -0.15) is 0 Å². The molecule has 0 saturated heterocycles. The number of likely N-dealkylation sites (N-methyl/N-ethyl adjacent to an activating group) is 1. The van der Waals surface area contributed by atoms with Crippen LogP contribution in [0.2, 0.25) is 0 Å². The molecule has 1 aliphatic heterocycles. The van der Waals surface area contributed by atoms with Crippen LogP contribution in [0, 0.1) is 0 Å². The molecule has 31 heavy (non-hydrogen) atoms. The van der Waals surface area contributed by atoms with E-state index in [9.17, 15) is 9.59 Å². The minimum absolute atomic E-state index is 0.208. The fourth-order valence-corrected chi connectivity index (χ4v) is 4.00. The molecule has 0 unspecified atom stereocenters. The molecular weight excluding hydrogens is 398 g/mol. The molecule has 1 aliphatic rings. The number of furan rings is 1. The number of benzene rings is 1. The Balaban J connectivity index is 1.82. The Morgan fingerprint density at radius 1 is 1.19 bits per heavy atom. The summed E-state index contributed by atoms with van der Waals surface area (Å²) in [5.41, 5.74) is 1.74. The van der Waals surface area contributed by atoms with Crippen LogP contribution in [-0.4, -0.2) is 43.0 Å². The lowest BCUT2D eigenvalue weighted by molar-refractivity contribution is -0.124. The van der Waals surface area contributed by atoms with E-state index in [4.69, 9.17) is 13.9 Å². The van der Waals surface area contributed by atoms with Crippen molar-refractivity contribution in [3.05, 3.63) is 77.5 Å². The number of ether oxygens (including phenoxy) is 2. The maximum absolute atomic E-state index is 13.5. The molecule has 0 fully saturated rings. The highest BCUT2D eigenvalue weighted by Crippen LogP contribution is 2.45. The molecule has 2 aromatic heterocycles. The number of rotatable bonds is 6. The molecule has 8 heteroatoms. The van der Waals surface area contributed by atoms with Crippen LogP contribution in [0.25, 0.3) is 0 Å². The molecular formula is C23H23N3O5. The monoisotopic (exact) mass is 421 g/mol. The first-order chi connectivity index (χ1) is 15.0. The Hall–Kier alpha value is -3.81. The van der Waals surface area contributed by atoms with Gasteiger partial charge >= 0.3 is 0 Å². The predicted molar refractivity (Wildman–Crippen MR) is 112 cm³/mol. The normalized spacial score (nSPS) is 17.8. The molecule has 1 N–H and O–H groups in total. The number of methoxy groups -OCH3 is 2. The average Bonchev–Trinajstić information content (AvgIpc) is 3.33. The number of aromatic nitrogens is 1. The van der Waals surface area contributed by atoms with E-state index in [0.717, 1.165) is 5.56 Å². The van der Waals surface area contributed by atoms with Crippen molar-refractivity contribution in [1.29, 1.82) is 0 Å². The van der Waals surface area contributed by atoms with Crippen LogP contribution in [0.3, 0.4) is 0 Å². The van der Waals surface area contributed by atoms with Gasteiger partial charge in [0.05, 0.1) is 39.0 Å². The number of nitrogens with one attached hydrogen (secondary N) is 1. The van der Waals surface area contributed by atoms with Gasteiger partial charge in [-0.05, 0) is 41.5 Å². The van der Waals surface area contributed by atoms with Crippen LogP contribution < -0.4 is 14.8 Å². The maximum Gasteiger partial charge on any atom is 0.254 e. The zero-order valence-corrected chi connectivity index (χ0v) is 17.5. The summed E-state index contributed by atoms with van der Waals surface area (Å²) in [6, 6.07) is 9.99. The van der Waals surface area contributed by atoms with Gasteiger partial charge in [-0.1, -0.05) is 6.07 Å². The first-order valence-corrected chi connectivity index (χ1v) is 9.78. The topological polar surface area (TPSA) is 93.9 Å². The van der Waals surface area contributed by atoms with Gasteiger partial charge in [-0.25, -0.2) is 0 Å². The van der Waals surface area contributed by atoms with Crippen LogP contribution in [0.5, 0.6) is 11.5 Å². The summed E-state index contributed by atoms with van der Waals surface area (Å²) in [6.07, 6.45) is 4.88. The van der Waals surface area contributed by atoms with E-state index in [2.05, 4.69) is 10.3 Å². The first-order valence-electron chi connectivity index (χ1n) is 9.78. The molecule has 0 bridgehead atoms. The van der Waals surface area contributed by atoms with Gasteiger partial charge in [0.15, 0.2) is 11.5 Å². The van der Waals surface area contributed by atoms with Crippen molar-refractivity contribution in [2.45, 2.75) is 18.5 Å². The van der Waals surface area contributed by atoms with Crippen molar-refractivity contribution in [2.24, 2.45) is 0 Å². The van der Waals surface area contributed by atoms with E-state index in [-0.39, 0.29) is 18.4 Å². The summed E-state index contributed by atoms with van der Waals surface area (Å²) < 4.78 is 16.1. The lowest BCUT2D eigenvalue weighted by atomic mass is 9.79. The van der Waals surface area contributed by atoms with Crippen molar-refractivity contribution in [1.82, 2.24) is 15.2 Å². The van der Waals surface area contributed by atoms with Crippen LogP contribution in [0.15, 0.2) is 59.5 Å². The van der Waals surface area contributed by atoms with Crippen LogP contribution >= 0.6 is 0 Å². The molecule has 2 atom stereocenters. The third-order valence-corrected chi connectivity index (χ3v) is 5.50. The lowest BCUT2D eigenvalue weighted by Crippen LogP contribution is -2.45. The minimum atomic E-state index is -0.684. The summed E-state index contributed by atoms with van der Waals surface area (Å²) in [4.78, 5) is 32.5. The standard InChI is InChI=1S/C23H23N3O5/c1-26-21(14-6-4-8-24-12-14)20(22(27)25-13-15-7-5-9-31-15)16-10-18(29-2)19(30-3)11-17(16)23(26)28/h4-12,20-21H,13H2,1-3H3,(H,25,27)/t20-,21+/m1/s1. The van der Waals surface area contributed by atoms with E-state index in [1.807, 2.05) is 6.07 Å². The second-order valence-electron chi connectivity index (χ2n) is 7.22. The summed E-state index contributed by atoms with van der Waals surface area (Å²) >= 11 is 0. The molecule has 0 spiro atoms. The summed E-state index contributed by atoms with van der Waals surface area (Å²) in [5.74, 6) is 0.388. The SMILES string of the molecule is COc1cc2c(cc1OC)[C@@H](C(=O)NCc1ccco1)[C@H](c1cccnc1)N(C)C2=O. The number of amides is 2. The number of carbonyl (C=O) groups excluding carboxylic acids is 2. The van der Waals surface area contributed by atoms with E-state index in [0.29, 0.717) is 28.4 Å². The number of carbonyl (C=O) groups is 2. The highest BCUT2D eigenvalue weighted by Gasteiger charge is 2.43. The van der Waals surface area contributed by atoms with Gasteiger partial charge < -0.3 is 24.1 Å². The molecule has 160 valence electrons. The van der Waals surface area contributed by atoms with Gasteiger partial charge in [0.1, 0.15) is 5.76 Å². The van der Waals surface area contributed by atoms with Gasteiger partial charge in [0.25, 0.3) is 5.91 Å². The zero-order valence-electron chi connectivity index (χ0n) is 17.5. The van der Waals surface area contributed by atoms with Crippen molar-refractivity contribution in [3.8, 4) is 11.5 Å².